The third-order valence-corrected chi connectivity index (χ3v) is 6.15. The molecule has 0 saturated carbocycles. The van der Waals surface area contributed by atoms with Crippen molar-refractivity contribution < 1.29 is 39.5 Å². The van der Waals surface area contributed by atoms with E-state index in [0.29, 0.717) is 5.57 Å². The molecule has 34 heavy (non-hydrogen) atoms. The van der Waals surface area contributed by atoms with E-state index in [9.17, 15) is 30.0 Å². The minimum absolute atomic E-state index is 0.166. The fourth-order valence-electron chi connectivity index (χ4n) is 4.15. The van der Waals surface area contributed by atoms with Crippen LogP contribution < -0.4 is 5.11 Å². The van der Waals surface area contributed by atoms with Gasteiger partial charge in [-0.3, -0.25) is 0 Å². The molecular formula is C26H35O8-. The second-order valence-corrected chi connectivity index (χ2v) is 9.58. The first-order chi connectivity index (χ1) is 15.8. The minimum Gasteiger partial charge on any atom is -0.547 e. The number of rotatable bonds is 7. The van der Waals surface area contributed by atoms with Gasteiger partial charge >= 0.3 is 5.97 Å². The standard InChI is InChI=1S/C26H36O8/c1-15(11-12-18-17(3)10-7-13-26(18,4)5)8-6-9-16(2)14-19(27)33-25-22(30)20(28)21(29)23(34-25)24(31)32/h6,8-9,11-12,14,20-23,25,28-30H,7,10,13H2,1-5H3,(H,31,32)/p-1. The van der Waals surface area contributed by atoms with Crippen molar-refractivity contribution in [1.82, 2.24) is 0 Å². The van der Waals surface area contributed by atoms with Gasteiger partial charge in [0, 0.05) is 6.08 Å². The largest absolute Gasteiger partial charge is 0.547 e. The molecule has 0 bridgehead atoms. The maximum absolute atomic E-state index is 12.1. The van der Waals surface area contributed by atoms with Crippen LogP contribution in [0.3, 0.4) is 0 Å². The summed E-state index contributed by atoms with van der Waals surface area (Å²) < 4.78 is 9.79. The first-order valence-electron chi connectivity index (χ1n) is 11.4. The van der Waals surface area contributed by atoms with Crippen LogP contribution in [-0.2, 0) is 19.1 Å². The zero-order valence-electron chi connectivity index (χ0n) is 20.4. The van der Waals surface area contributed by atoms with Gasteiger partial charge in [0.05, 0.1) is 5.97 Å². The molecule has 8 heteroatoms. The van der Waals surface area contributed by atoms with Crippen molar-refractivity contribution in [1.29, 1.82) is 0 Å². The Balaban J connectivity index is 1.98. The van der Waals surface area contributed by atoms with Crippen molar-refractivity contribution >= 4 is 11.9 Å². The lowest BCUT2D eigenvalue weighted by molar-refractivity contribution is -0.345. The molecule has 1 aliphatic heterocycles. The molecule has 0 aromatic heterocycles. The fourth-order valence-corrected chi connectivity index (χ4v) is 4.15. The summed E-state index contributed by atoms with van der Waals surface area (Å²) in [5, 5.41) is 40.3. The maximum atomic E-state index is 12.1. The number of carbonyl (C=O) groups is 2. The Morgan fingerprint density at radius 2 is 1.76 bits per heavy atom. The van der Waals surface area contributed by atoms with Crippen molar-refractivity contribution in [2.75, 3.05) is 0 Å². The number of aliphatic hydroxyl groups excluding tert-OH is 3. The van der Waals surface area contributed by atoms with Crippen LogP contribution in [-0.4, -0.2) is 58.0 Å². The van der Waals surface area contributed by atoms with Gasteiger partial charge in [-0.25, -0.2) is 4.79 Å². The third kappa shape index (κ3) is 7.24. The Morgan fingerprint density at radius 1 is 1.09 bits per heavy atom. The van der Waals surface area contributed by atoms with E-state index >= 15 is 0 Å². The Bertz CT molecular complexity index is 921. The van der Waals surface area contributed by atoms with Crippen LogP contribution in [0.2, 0.25) is 0 Å². The first kappa shape index (κ1) is 27.7. The molecule has 188 valence electrons. The number of carboxylic acid groups (broad SMARTS) is 1. The molecule has 0 amide bonds. The molecule has 2 rings (SSSR count). The highest BCUT2D eigenvalue weighted by atomic mass is 16.7. The second kappa shape index (κ2) is 11.8. The molecule has 0 spiro atoms. The zero-order valence-corrected chi connectivity index (χ0v) is 20.4. The second-order valence-electron chi connectivity index (χ2n) is 9.58. The molecular weight excluding hydrogens is 440 g/mol. The molecule has 0 radical (unpaired) electrons. The highest BCUT2D eigenvalue weighted by molar-refractivity contribution is 5.83. The van der Waals surface area contributed by atoms with Crippen LogP contribution in [0.4, 0.5) is 0 Å². The number of esters is 1. The van der Waals surface area contributed by atoms with Crippen LogP contribution in [0.1, 0.15) is 53.9 Å². The Hall–Kier alpha value is -2.52. The Kier molecular flexibility index (Phi) is 9.58. The van der Waals surface area contributed by atoms with Crippen LogP contribution in [0.15, 0.2) is 58.7 Å². The number of aliphatic carboxylic acids is 1. The molecule has 5 atom stereocenters. The Morgan fingerprint density at radius 3 is 2.38 bits per heavy atom. The summed E-state index contributed by atoms with van der Waals surface area (Å²) >= 11 is 0. The van der Waals surface area contributed by atoms with Crippen molar-refractivity contribution in [3.05, 3.63) is 58.7 Å². The van der Waals surface area contributed by atoms with Crippen molar-refractivity contribution in [2.24, 2.45) is 5.41 Å². The van der Waals surface area contributed by atoms with Gasteiger partial charge in [-0.2, -0.15) is 0 Å². The number of hydrogen-bond acceptors (Lipinski definition) is 8. The van der Waals surface area contributed by atoms with Gasteiger partial charge < -0.3 is 34.7 Å². The van der Waals surface area contributed by atoms with Crippen LogP contribution in [0.25, 0.3) is 0 Å². The Labute approximate surface area is 200 Å². The average Bonchev–Trinajstić information content (AvgIpc) is 2.73. The van der Waals surface area contributed by atoms with Gasteiger partial charge in [-0.1, -0.05) is 55.4 Å². The number of carbonyl (C=O) groups excluding carboxylic acids is 2. The zero-order chi connectivity index (χ0) is 25.6. The molecule has 1 heterocycles. The number of carboxylic acids is 1. The van der Waals surface area contributed by atoms with E-state index in [0.717, 1.165) is 18.1 Å². The molecule has 2 aliphatic rings. The van der Waals surface area contributed by atoms with Crippen molar-refractivity contribution in [3.63, 3.8) is 0 Å². The van der Waals surface area contributed by atoms with Gasteiger partial charge in [0.1, 0.15) is 24.4 Å². The van der Waals surface area contributed by atoms with Crippen LogP contribution in [0.5, 0.6) is 0 Å². The molecule has 1 aliphatic carbocycles. The van der Waals surface area contributed by atoms with E-state index < -0.39 is 42.6 Å². The molecule has 1 saturated heterocycles. The quantitative estimate of drug-likeness (QED) is 0.287. The van der Waals surface area contributed by atoms with E-state index in [4.69, 9.17) is 9.47 Å². The molecule has 1 fully saturated rings. The van der Waals surface area contributed by atoms with Gasteiger partial charge in [-0.05, 0) is 56.6 Å². The molecule has 3 N–H and O–H groups in total. The van der Waals surface area contributed by atoms with Crippen LogP contribution >= 0.6 is 0 Å². The highest BCUT2D eigenvalue weighted by Crippen LogP contribution is 2.40. The van der Waals surface area contributed by atoms with E-state index in [1.54, 1.807) is 19.1 Å². The summed E-state index contributed by atoms with van der Waals surface area (Å²) in [4.78, 5) is 23.2. The monoisotopic (exact) mass is 475 g/mol. The van der Waals surface area contributed by atoms with E-state index in [-0.39, 0.29) is 5.41 Å². The molecule has 5 unspecified atom stereocenters. The molecule has 0 aromatic rings. The normalized spacial score (nSPS) is 30.8. The summed E-state index contributed by atoms with van der Waals surface area (Å²) in [6.45, 7) is 10.4. The predicted octanol–water partition coefficient (Wildman–Crippen LogP) is 1.62. The first-order valence-corrected chi connectivity index (χ1v) is 11.4. The summed E-state index contributed by atoms with van der Waals surface area (Å²) in [6, 6.07) is 0. The highest BCUT2D eigenvalue weighted by Gasteiger charge is 2.46. The molecule has 0 aromatic carbocycles. The summed E-state index contributed by atoms with van der Waals surface area (Å²) in [7, 11) is 0. The summed E-state index contributed by atoms with van der Waals surface area (Å²) in [6.07, 6.45) is 4.95. The maximum Gasteiger partial charge on any atom is 0.333 e. The molecule has 8 nitrogen and oxygen atoms in total. The van der Waals surface area contributed by atoms with Crippen LogP contribution in [0, 0.1) is 5.41 Å². The number of ether oxygens (including phenoxy) is 2. The summed E-state index contributed by atoms with van der Waals surface area (Å²) in [5.41, 5.74) is 4.53. The van der Waals surface area contributed by atoms with Gasteiger partial charge in [0.25, 0.3) is 0 Å². The number of aliphatic hydroxyl groups is 3. The van der Waals surface area contributed by atoms with Gasteiger partial charge in [-0.15, -0.1) is 0 Å². The lowest BCUT2D eigenvalue weighted by Crippen LogP contribution is -2.62. The smallest absolute Gasteiger partial charge is 0.333 e. The third-order valence-electron chi connectivity index (χ3n) is 6.15. The average molecular weight is 476 g/mol. The van der Waals surface area contributed by atoms with E-state index in [1.165, 1.54) is 24.0 Å². The topological polar surface area (TPSA) is 136 Å². The van der Waals surface area contributed by atoms with Crippen molar-refractivity contribution in [3.8, 4) is 0 Å². The predicted molar refractivity (Wildman–Crippen MR) is 124 cm³/mol. The van der Waals surface area contributed by atoms with Crippen molar-refractivity contribution in [2.45, 2.75) is 84.6 Å². The summed E-state index contributed by atoms with van der Waals surface area (Å²) in [5.74, 6) is -2.71. The number of hydrogen-bond donors (Lipinski definition) is 3. The lowest BCUT2D eigenvalue weighted by atomic mass is 9.72. The number of allylic oxidation sites excluding steroid dienone is 9. The lowest BCUT2D eigenvalue weighted by Gasteiger charge is -2.39. The SMILES string of the molecule is CC(C=CC1=C(C)CCCC1(C)C)=CC=CC(C)=CC(=O)OC1OC(C(=O)[O-])C(O)C(O)C1O. The minimum atomic E-state index is -1.94. The van der Waals surface area contributed by atoms with Gasteiger partial charge in [0.15, 0.2) is 0 Å². The van der Waals surface area contributed by atoms with Gasteiger partial charge in [0.2, 0.25) is 6.29 Å². The fraction of sp³-hybridized carbons (Fsp3) is 0.538. The van der Waals surface area contributed by atoms with E-state index in [2.05, 4.69) is 32.9 Å². The van der Waals surface area contributed by atoms with E-state index in [1.807, 2.05) is 13.0 Å².